The lowest BCUT2D eigenvalue weighted by atomic mass is 9.76. The Bertz CT molecular complexity index is 954. The molecule has 0 radical (unpaired) electrons. The van der Waals surface area contributed by atoms with Crippen LogP contribution in [-0.2, 0) is 9.59 Å². The van der Waals surface area contributed by atoms with Crippen LogP contribution < -0.4 is 15.0 Å². The van der Waals surface area contributed by atoms with E-state index in [1.165, 1.54) is 4.90 Å². The summed E-state index contributed by atoms with van der Waals surface area (Å²) in [4.78, 5) is 39.7. The van der Waals surface area contributed by atoms with Gasteiger partial charge in [0.15, 0.2) is 0 Å². The van der Waals surface area contributed by atoms with E-state index in [4.69, 9.17) is 4.74 Å². The first-order valence-electron chi connectivity index (χ1n) is 9.91. The average Bonchev–Trinajstić information content (AvgIpc) is 2.98. The maximum absolute atomic E-state index is 12.9. The minimum atomic E-state index is -0.304. The quantitative estimate of drug-likeness (QED) is 0.802. The lowest BCUT2D eigenvalue weighted by Gasteiger charge is -2.25. The maximum atomic E-state index is 12.9. The van der Waals surface area contributed by atoms with Gasteiger partial charge < -0.3 is 10.1 Å². The topological polar surface area (TPSA) is 75.7 Å². The number of anilines is 2. The van der Waals surface area contributed by atoms with E-state index >= 15 is 0 Å². The Morgan fingerprint density at radius 1 is 1.03 bits per heavy atom. The Hall–Kier alpha value is -3.15. The van der Waals surface area contributed by atoms with Crippen molar-refractivity contribution >= 4 is 29.1 Å². The van der Waals surface area contributed by atoms with Gasteiger partial charge in [0.25, 0.3) is 5.91 Å². The monoisotopic (exact) mass is 392 g/mol. The van der Waals surface area contributed by atoms with E-state index < -0.39 is 0 Å². The highest BCUT2D eigenvalue weighted by molar-refractivity contribution is 6.22. The molecule has 4 rings (SSSR count). The van der Waals surface area contributed by atoms with Crippen molar-refractivity contribution in [1.29, 1.82) is 0 Å². The number of hydrogen-bond acceptors (Lipinski definition) is 4. The standard InChI is InChI=1S/C23H24N2O4/c1-14-6-11-19-20(12-14)23(28)25(22(19)27)17-5-3-4-15(13-17)21(26)24-16-7-9-18(29-2)10-8-16/h3-5,7-10,13-14,19-20H,6,11-12H2,1-2H3,(H,24,26). The van der Waals surface area contributed by atoms with E-state index in [-0.39, 0.29) is 29.6 Å². The van der Waals surface area contributed by atoms with Crippen LogP contribution >= 0.6 is 0 Å². The van der Waals surface area contributed by atoms with Gasteiger partial charge in [-0.1, -0.05) is 13.0 Å². The van der Waals surface area contributed by atoms with Gasteiger partial charge in [0, 0.05) is 11.3 Å². The summed E-state index contributed by atoms with van der Waals surface area (Å²) in [6, 6.07) is 13.7. The molecule has 1 saturated carbocycles. The van der Waals surface area contributed by atoms with Gasteiger partial charge in [-0.15, -0.1) is 0 Å². The largest absolute Gasteiger partial charge is 0.497 e. The van der Waals surface area contributed by atoms with E-state index in [9.17, 15) is 14.4 Å². The van der Waals surface area contributed by atoms with Gasteiger partial charge in [0.05, 0.1) is 24.6 Å². The molecule has 2 aromatic rings. The van der Waals surface area contributed by atoms with Crippen molar-refractivity contribution in [1.82, 2.24) is 0 Å². The van der Waals surface area contributed by atoms with Crippen molar-refractivity contribution in [2.75, 3.05) is 17.3 Å². The minimum Gasteiger partial charge on any atom is -0.497 e. The third-order valence-electron chi connectivity index (χ3n) is 5.90. The summed E-state index contributed by atoms with van der Waals surface area (Å²) in [6.07, 6.45) is 2.48. The zero-order valence-corrected chi connectivity index (χ0v) is 16.6. The Labute approximate surface area is 169 Å². The molecule has 150 valence electrons. The summed E-state index contributed by atoms with van der Waals surface area (Å²) in [6.45, 7) is 2.13. The number of imide groups is 1. The van der Waals surface area contributed by atoms with Crippen LogP contribution in [0.3, 0.4) is 0 Å². The number of carbonyl (C=O) groups is 3. The Morgan fingerprint density at radius 2 is 1.76 bits per heavy atom. The van der Waals surface area contributed by atoms with Crippen LogP contribution in [0.25, 0.3) is 0 Å². The van der Waals surface area contributed by atoms with Gasteiger partial charge in [-0.25, -0.2) is 0 Å². The number of carbonyl (C=O) groups excluding carboxylic acids is 3. The maximum Gasteiger partial charge on any atom is 0.255 e. The van der Waals surface area contributed by atoms with Crippen LogP contribution in [-0.4, -0.2) is 24.8 Å². The molecule has 1 heterocycles. The first-order chi connectivity index (χ1) is 14.0. The molecule has 0 spiro atoms. The molecule has 6 nitrogen and oxygen atoms in total. The molecule has 0 aromatic heterocycles. The van der Waals surface area contributed by atoms with Crippen molar-refractivity contribution in [2.24, 2.45) is 17.8 Å². The molecule has 3 amide bonds. The molecule has 29 heavy (non-hydrogen) atoms. The second-order valence-electron chi connectivity index (χ2n) is 7.88. The van der Waals surface area contributed by atoms with Gasteiger partial charge in [-0.05, 0) is 67.6 Å². The summed E-state index contributed by atoms with van der Waals surface area (Å²) in [5.74, 6) is 0.112. The second-order valence-corrected chi connectivity index (χ2v) is 7.88. The fourth-order valence-corrected chi connectivity index (χ4v) is 4.31. The molecule has 3 atom stereocenters. The summed E-state index contributed by atoms with van der Waals surface area (Å²) in [7, 11) is 1.58. The summed E-state index contributed by atoms with van der Waals surface area (Å²) in [5.41, 5.74) is 1.49. The molecule has 1 N–H and O–H groups in total. The number of rotatable bonds is 4. The van der Waals surface area contributed by atoms with E-state index in [2.05, 4.69) is 12.2 Å². The number of ether oxygens (including phenoxy) is 1. The lowest BCUT2D eigenvalue weighted by Crippen LogP contribution is -2.31. The SMILES string of the molecule is COc1ccc(NC(=O)c2cccc(N3C(=O)C4CCC(C)CC4C3=O)c2)cc1. The molecule has 2 fully saturated rings. The highest BCUT2D eigenvalue weighted by atomic mass is 16.5. The third kappa shape index (κ3) is 3.62. The predicted octanol–water partition coefficient (Wildman–Crippen LogP) is 3.87. The van der Waals surface area contributed by atoms with E-state index in [0.29, 0.717) is 28.6 Å². The Morgan fingerprint density at radius 3 is 2.48 bits per heavy atom. The van der Waals surface area contributed by atoms with Crippen LogP contribution in [0.2, 0.25) is 0 Å². The first kappa shape index (κ1) is 19.2. The minimum absolute atomic E-state index is 0.139. The van der Waals surface area contributed by atoms with Gasteiger partial charge in [0.2, 0.25) is 11.8 Å². The molecule has 1 aliphatic heterocycles. The van der Waals surface area contributed by atoms with Gasteiger partial charge in [0.1, 0.15) is 5.75 Å². The number of nitrogens with one attached hydrogen (secondary N) is 1. The normalized spacial score (nSPS) is 23.7. The number of methoxy groups -OCH3 is 1. The molecule has 6 heteroatoms. The van der Waals surface area contributed by atoms with Crippen molar-refractivity contribution in [2.45, 2.75) is 26.2 Å². The summed E-state index contributed by atoms with van der Waals surface area (Å²) in [5, 5.41) is 2.82. The van der Waals surface area contributed by atoms with Crippen molar-refractivity contribution in [3.63, 3.8) is 0 Å². The molecule has 1 saturated heterocycles. The highest BCUT2D eigenvalue weighted by Gasteiger charge is 2.50. The van der Waals surface area contributed by atoms with Gasteiger partial charge in [-0.2, -0.15) is 0 Å². The number of benzene rings is 2. The zero-order valence-electron chi connectivity index (χ0n) is 16.6. The summed E-state index contributed by atoms with van der Waals surface area (Å²) < 4.78 is 5.12. The van der Waals surface area contributed by atoms with Crippen molar-refractivity contribution in [3.8, 4) is 5.75 Å². The van der Waals surface area contributed by atoms with Crippen LogP contribution in [0.15, 0.2) is 48.5 Å². The third-order valence-corrected chi connectivity index (χ3v) is 5.90. The molecule has 3 unspecified atom stereocenters. The predicted molar refractivity (Wildman–Crippen MR) is 110 cm³/mol. The smallest absolute Gasteiger partial charge is 0.255 e. The average molecular weight is 392 g/mol. The van der Waals surface area contributed by atoms with Crippen LogP contribution in [0, 0.1) is 17.8 Å². The van der Waals surface area contributed by atoms with Crippen LogP contribution in [0.1, 0.15) is 36.5 Å². The number of fused-ring (bicyclic) bond motifs is 1. The molecular weight excluding hydrogens is 368 g/mol. The van der Waals surface area contributed by atoms with E-state index in [1.54, 1.807) is 55.6 Å². The molecule has 2 aliphatic rings. The molecular formula is C23H24N2O4. The number of amides is 3. The van der Waals surface area contributed by atoms with Gasteiger partial charge in [-0.3, -0.25) is 19.3 Å². The lowest BCUT2D eigenvalue weighted by molar-refractivity contribution is -0.122. The Kier molecular flexibility index (Phi) is 5.09. The van der Waals surface area contributed by atoms with E-state index in [0.717, 1.165) is 19.3 Å². The first-order valence-corrected chi connectivity index (χ1v) is 9.91. The van der Waals surface area contributed by atoms with Crippen molar-refractivity contribution in [3.05, 3.63) is 54.1 Å². The van der Waals surface area contributed by atoms with E-state index in [1.807, 2.05) is 0 Å². The molecule has 0 bridgehead atoms. The Balaban J connectivity index is 1.54. The molecule has 1 aliphatic carbocycles. The number of hydrogen-bond donors (Lipinski definition) is 1. The number of nitrogens with zero attached hydrogens (tertiary/aromatic N) is 1. The van der Waals surface area contributed by atoms with Gasteiger partial charge >= 0.3 is 0 Å². The zero-order chi connectivity index (χ0) is 20.5. The second kappa shape index (κ2) is 7.70. The highest BCUT2D eigenvalue weighted by Crippen LogP contribution is 2.42. The fourth-order valence-electron chi connectivity index (χ4n) is 4.31. The summed E-state index contributed by atoms with van der Waals surface area (Å²) >= 11 is 0. The van der Waals surface area contributed by atoms with Crippen molar-refractivity contribution < 1.29 is 19.1 Å². The van der Waals surface area contributed by atoms with Crippen LogP contribution in [0.4, 0.5) is 11.4 Å². The molecule has 2 aromatic carbocycles. The van der Waals surface area contributed by atoms with Crippen LogP contribution in [0.5, 0.6) is 5.75 Å². The fraction of sp³-hybridized carbons (Fsp3) is 0.348.